The molecule has 0 aliphatic heterocycles. The van der Waals surface area contributed by atoms with Gasteiger partial charge >= 0.3 is 5.97 Å². The Morgan fingerprint density at radius 3 is 2.78 bits per heavy atom. The molecule has 0 saturated heterocycles. The molecule has 3 rings (SSSR count). The summed E-state index contributed by atoms with van der Waals surface area (Å²) in [4.78, 5) is 11.3. The average molecular weight is 245 g/mol. The highest BCUT2D eigenvalue weighted by Gasteiger charge is 2.34. The number of carboxylic acids is 1. The molecular formula is C13H15N3O2. The van der Waals surface area contributed by atoms with Crippen LogP contribution in [0.3, 0.4) is 0 Å². The van der Waals surface area contributed by atoms with Gasteiger partial charge in [-0.1, -0.05) is 24.1 Å². The number of benzene rings is 1. The quantitative estimate of drug-likeness (QED) is 0.882. The van der Waals surface area contributed by atoms with Crippen LogP contribution in [0.1, 0.15) is 43.0 Å². The molecule has 5 heteroatoms. The number of carboxylic acid groups (broad SMARTS) is 1. The topological polar surface area (TPSA) is 68.0 Å². The highest BCUT2D eigenvalue weighted by Crippen LogP contribution is 2.37. The Labute approximate surface area is 104 Å². The van der Waals surface area contributed by atoms with Gasteiger partial charge in [-0.15, -0.1) is 5.10 Å². The largest absolute Gasteiger partial charge is 0.478 e. The monoisotopic (exact) mass is 245 g/mol. The lowest BCUT2D eigenvalue weighted by Gasteiger charge is -2.24. The van der Waals surface area contributed by atoms with E-state index >= 15 is 0 Å². The summed E-state index contributed by atoms with van der Waals surface area (Å²) >= 11 is 0. The highest BCUT2D eigenvalue weighted by atomic mass is 16.4. The Hall–Kier alpha value is -1.91. The van der Waals surface area contributed by atoms with Gasteiger partial charge in [0.1, 0.15) is 11.0 Å². The van der Waals surface area contributed by atoms with Crippen LogP contribution in [-0.4, -0.2) is 26.1 Å². The van der Waals surface area contributed by atoms with E-state index in [1.807, 2.05) is 10.7 Å². The third kappa shape index (κ3) is 1.50. The maximum absolute atomic E-state index is 11.3. The standard InChI is InChI=1S/C13H15N3O2/c1-13(7-2-3-8-13)16-11-9(12(17)18)5-4-6-10(11)14-15-16/h4-6H,2-3,7-8H2,1H3,(H,17,18). The summed E-state index contributed by atoms with van der Waals surface area (Å²) < 4.78 is 1.82. The van der Waals surface area contributed by atoms with Gasteiger partial charge in [0, 0.05) is 0 Å². The molecule has 18 heavy (non-hydrogen) atoms. The summed E-state index contributed by atoms with van der Waals surface area (Å²) in [6.07, 6.45) is 4.37. The molecule has 5 nitrogen and oxygen atoms in total. The first kappa shape index (κ1) is 11.2. The van der Waals surface area contributed by atoms with E-state index in [9.17, 15) is 9.90 Å². The first-order chi connectivity index (χ1) is 8.62. The third-order valence-corrected chi connectivity index (χ3v) is 3.89. The van der Waals surface area contributed by atoms with Crippen molar-refractivity contribution in [2.24, 2.45) is 0 Å². The SMILES string of the molecule is CC1(n2nnc3cccc(C(=O)O)c32)CCCC1. The van der Waals surface area contributed by atoms with Crippen LogP contribution < -0.4 is 0 Å². The van der Waals surface area contributed by atoms with Gasteiger partial charge in [-0.2, -0.15) is 0 Å². The van der Waals surface area contributed by atoms with Crippen molar-refractivity contribution in [1.82, 2.24) is 15.0 Å². The lowest BCUT2D eigenvalue weighted by Crippen LogP contribution is -2.28. The molecule has 0 radical (unpaired) electrons. The molecule has 1 fully saturated rings. The molecule has 2 aromatic rings. The van der Waals surface area contributed by atoms with E-state index in [-0.39, 0.29) is 11.1 Å². The van der Waals surface area contributed by atoms with Crippen molar-refractivity contribution in [2.75, 3.05) is 0 Å². The fourth-order valence-corrected chi connectivity index (χ4v) is 2.87. The van der Waals surface area contributed by atoms with Gasteiger partial charge in [0.2, 0.25) is 0 Å². The molecule has 0 spiro atoms. The number of carbonyl (C=O) groups is 1. The average Bonchev–Trinajstić information content (AvgIpc) is 2.95. The third-order valence-electron chi connectivity index (χ3n) is 3.89. The van der Waals surface area contributed by atoms with Gasteiger partial charge in [-0.3, -0.25) is 0 Å². The van der Waals surface area contributed by atoms with Crippen LogP contribution in [0.25, 0.3) is 11.0 Å². The van der Waals surface area contributed by atoms with Gasteiger partial charge in [-0.05, 0) is 31.9 Å². The number of rotatable bonds is 2. The first-order valence-corrected chi connectivity index (χ1v) is 6.20. The second kappa shape index (κ2) is 3.80. The molecule has 1 aromatic carbocycles. The van der Waals surface area contributed by atoms with Gasteiger partial charge < -0.3 is 5.11 Å². The molecule has 0 atom stereocenters. The number of aromatic carboxylic acids is 1. The maximum Gasteiger partial charge on any atom is 0.337 e. The molecule has 1 aliphatic carbocycles. The van der Waals surface area contributed by atoms with E-state index in [1.165, 1.54) is 0 Å². The van der Waals surface area contributed by atoms with Crippen LogP contribution in [0.2, 0.25) is 0 Å². The van der Waals surface area contributed by atoms with Crippen molar-refractivity contribution in [3.63, 3.8) is 0 Å². The van der Waals surface area contributed by atoms with Gasteiger partial charge in [0.15, 0.2) is 0 Å². The molecule has 0 unspecified atom stereocenters. The molecule has 94 valence electrons. The molecule has 1 N–H and O–H groups in total. The van der Waals surface area contributed by atoms with Crippen LogP contribution in [0.4, 0.5) is 0 Å². The molecule has 0 amide bonds. The zero-order valence-electron chi connectivity index (χ0n) is 10.3. The van der Waals surface area contributed by atoms with E-state index in [2.05, 4.69) is 17.2 Å². The summed E-state index contributed by atoms with van der Waals surface area (Å²) in [5, 5.41) is 17.6. The fourth-order valence-electron chi connectivity index (χ4n) is 2.87. The molecule has 1 aromatic heterocycles. The van der Waals surface area contributed by atoms with Crippen molar-refractivity contribution in [3.05, 3.63) is 23.8 Å². The molecule has 1 aliphatic rings. The Morgan fingerprint density at radius 1 is 1.39 bits per heavy atom. The Kier molecular flexibility index (Phi) is 2.36. The van der Waals surface area contributed by atoms with Gasteiger partial charge in [0.05, 0.1) is 11.1 Å². The molecular weight excluding hydrogens is 230 g/mol. The number of aromatic nitrogens is 3. The van der Waals surface area contributed by atoms with Crippen LogP contribution >= 0.6 is 0 Å². The van der Waals surface area contributed by atoms with E-state index < -0.39 is 5.97 Å². The second-order valence-electron chi connectivity index (χ2n) is 5.18. The fraction of sp³-hybridized carbons (Fsp3) is 0.462. The van der Waals surface area contributed by atoms with Gasteiger partial charge in [0.25, 0.3) is 0 Å². The predicted molar refractivity (Wildman–Crippen MR) is 66.6 cm³/mol. The molecule has 1 heterocycles. The van der Waals surface area contributed by atoms with Crippen LogP contribution in [0, 0.1) is 0 Å². The lowest BCUT2D eigenvalue weighted by molar-refractivity contribution is 0.0698. The number of nitrogens with zero attached hydrogens (tertiary/aromatic N) is 3. The van der Waals surface area contributed by atoms with Crippen molar-refractivity contribution in [1.29, 1.82) is 0 Å². The predicted octanol–water partition coefficient (Wildman–Crippen LogP) is 2.42. The van der Waals surface area contributed by atoms with E-state index in [1.54, 1.807) is 12.1 Å². The Morgan fingerprint density at radius 2 is 2.11 bits per heavy atom. The van der Waals surface area contributed by atoms with E-state index in [0.717, 1.165) is 25.7 Å². The normalized spacial score (nSPS) is 18.3. The minimum Gasteiger partial charge on any atom is -0.478 e. The first-order valence-electron chi connectivity index (χ1n) is 6.20. The minimum absolute atomic E-state index is 0.0969. The number of hydrogen-bond donors (Lipinski definition) is 1. The van der Waals surface area contributed by atoms with Crippen molar-refractivity contribution >= 4 is 17.0 Å². The minimum atomic E-state index is -0.925. The van der Waals surface area contributed by atoms with Crippen LogP contribution in [0.15, 0.2) is 18.2 Å². The summed E-state index contributed by atoms with van der Waals surface area (Å²) in [6.45, 7) is 2.13. The van der Waals surface area contributed by atoms with Crippen molar-refractivity contribution in [3.8, 4) is 0 Å². The lowest BCUT2D eigenvalue weighted by atomic mass is 10.00. The maximum atomic E-state index is 11.3. The Balaban J connectivity index is 2.27. The summed E-state index contributed by atoms with van der Waals surface area (Å²) in [7, 11) is 0. The second-order valence-corrected chi connectivity index (χ2v) is 5.18. The number of para-hydroxylation sites is 1. The Bertz CT molecular complexity index is 612. The van der Waals surface area contributed by atoms with E-state index in [0.29, 0.717) is 11.0 Å². The number of hydrogen-bond acceptors (Lipinski definition) is 3. The van der Waals surface area contributed by atoms with Crippen molar-refractivity contribution in [2.45, 2.75) is 38.1 Å². The van der Waals surface area contributed by atoms with Crippen LogP contribution in [-0.2, 0) is 5.54 Å². The summed E-state index contributed by atoms with van der Waals surface area (Å²) in [5.41, 5.74) is 1.49. The van der Waals surface area contributed by atoms with Crippen molar-refractivity contribution < 1.29 is 9.90 Å². The highest BCUT2D eigenvalue weighted by molar-refractivity contribution is 6.00. The zero-order chi connectivity index (χ0) is 12.8. The molecule has 1 saturated carbocycles. The smallest absolute Gasteiger partial charge is 0.337 e. The van der Waals surface area contributed by atoms with Gasteiger partial charge in [-0.25, -0.2) is 9.48 Å². The zero-order valence-corrected chi connectivity index (χ0v) is 10.3. The summed E-state index contributed by atoms with van der Waals surface area (Å²) in [6, 6.07) is 5.13. The summed E-state index contributed by atoms with van der Waals surface area (Å²) in [5.74, 6) is -0.925. The number of fused-ring (bicyclic) bond motifs is 1. The molecule has 0 bridgehead atoms. The van der Waals surface area contributed by atoms with E-state index in [4.69, 9.17) is 0 Å². The van der Waals surface area contributed by atoms with Crippen LogP contribution in [0.5, 0.6) is 0 Å².